The first-order valence-electron chi connectivity index (χ1n) is 6.86. The Kier molecular flexibility index (Phi) is 3.72. The van der Waals surface area contributed by atoms with E-state index in [1.165, 1.54) is 6.07 Å². The third-order valence-corrected chi connectivity index (χ3v) is 3.65. The van der Waals surface area contributed by atoms with Crippen molar-refractivity contribution in [3.05, 3.63) is 52.3 Å². The van der Waals surface area contributed by atoms with Gasteiger partial charge in [0.25, 0.3) is 5.69 Å². The number of aliphatic hydroxyl groups is 1. The van der Waals surface area contributed by atoms with E-state index >= 15 is 0 Å². The average molecular weight is 288 g/mol. The second kappa shape index (κ2) is 5.67. The third-order valence-electron chi connectivity index (χ3n) is 3.65. The number of furan rings is 1. The standard InChI is InChI=1S/C15H16N2O4/c18-11-7-8-16(9-11)10-12-5-6-15(21-12)13-3-1-2-4-14(13)17(19)20/h1-6,11,18H,7-10H2/t11-/m1/s1. The maximum Gasteiger partial charge on any atom is 0.280 e. The molecule has 1 saturated heterocycles. The van der Waals surface area contributed by atoms with Crippen molar-refractivity contribution in [2.45, 2.75) is 19.1 Å². The van der Waals surface area contributed by atoms with Gasteiger partial charge in [-0.05, 0) is 24.6 Å². The summed E-state index contributed by atoms with van der Waals surface area (Å²) >= 11 is 0. The van der Waals surface area contributed by atoms with Crippen LogP contribution < -0.4 is 0 Å². The molecule has 0 amide bonds. The average Bonchev–Trinajstić information content (AvgIpc) is 3.08. The van der Waals surface area contributed by atoms with E-state index < -0.39 is 4.92 Å². The molecule has 2 heterocycles. The summed E-state index contributed by atoms with van der Waals surface area (Å²) in [5, 5.41) is 20.6. The van der Waals surface area contributed by atoms with Gasteiger partial charge in [0.1, 0.15) is 11.5 Å². The monoisotopic (exact) mass is 288 g/mol. The molecule has 110 valence electrons. The van der Waals surface area contributed by atoms with Crippen LogP contribution in [0.2, 0.25) is 0 Å². The molecule has 0 unspecified atom stereocenters. The largest absolute Gasteiger partial charge is 0.459 e. The highest BCUT2D eigenvalue weighted by Gasteiger charge is 2.22. The van der Waals surface area contributed by atoms with Gasteiger partial charge in [-0.25, -0.2) is 0 Å². The van der Waals surface area contributed by atoms with Gasteiger partial charge < -0.3 is 9.52 Å². The fourth-order valence-corrected chi connectivity index (χ4v) is 2.63. The van der Waals surface area contributed by atoms with Gasteiger partial charge in [0, 0.05) is 19.2 Å². The first-order valence-corrected chi connectivity index (χ1v) is 6.86. The molecule has 0 spiro atoms. The fraction of sp³-hybridized carbons (Fsp3) is 0.333. The molecule has 6 nitrogen and oxygen atoms in total. The number of rotatable bonds is 4. The molecule has 1 aliphatic rings. The van der Waals surface area contributed by atoms with E-state index in [0.717, 1.165) is 18.7 Å². The second-order valence-corrected chi connectivity index (χ2v) is 5.22. The summed E-state index contributed by atoms with van der Waals surface area (Å²) in [4.78, 5) is 12.7. The smallest absolute Gasteiger partial charge is 0.280 e. The fourth-order valence-electron chi connectivity index (χ4n) is 2.63. The maximum atomic E-state index is 11.0. The van der Waals surface area contributed by atoms with Gasteiger partial charge >= 0.3 is 0 Å². The minimum absolute atomic E-state index is 0.0370. The van der Waals surface area contributed by atoms with Gasteiger partial charge in [0.15, 0.2) is 0 Å². The summed E-state index contributed by atoms with van der Waals surface area (Å²) in [6.07, 6.45) is 0.507. The van der Waals surface area contributed by atoms with E-state index in [0.29, 0.717) is 24.4 Å². The molecule has 0 bridgehead atoms. The normalized spacial score (nSPS) is 19.0. The van der Waals surface area contributed by atoms with Crippen molar-refractivity contribution in [2.24, 2.45) is 0 Å². The lowest BCUT2D eigenvalue weighted by atomic mass is 10.1. The predicted molar refractivity (Wildman–Crippen MR) is 76.7 cm³/mol. The molecule has 1 N–H and O–H groups in total. The van der Waals surface area contributed by atoms with Crippen LogP contribution in [-0.2, 0) is 6.54 Å². The number of benzene rings is 1. The lowest BCUT2D eigenvalue weighted by Gasteiger charge is -2.12. The summed E-state index contributed by atoms with van der Waals surface area (Å²) in [6.45, 7) is 2.09. The van der Waals surface area contributed by atoms with Crippen molar-refractivity contribution in [3.63, 3.8) is 0 Å². The van der Waals surface area contributed by atoms with Crippen LogP contribution >= 0.6 is 0 Å². The summed E-state index contributed by atoms with van der Waals surface area (Å²) in [5.41, 5.74) is 0.519. The van der Waals surface area contributed by atoms with E-state index in [4.69, 9.17) is 4.42 Å². The minimum atomic E-state index is -0.408. The molecule has 1 aromatic heterocycles. The van der Waals surface area contributed by atoms with Crippen molar-refractivity contribution in [3.8, 4) is 11.3 Å². The van der Waals surface area contributed by atoms with Gasteiger partial charge in [-0.1, -0.05) is 12.1 Å². The maximum absolute atomic E-state index is 11.0. The van der Waals surface area contributed by atoms with Gasteiger partial charge in [0.05, 0.1) is 23.1 Å². The summed E-state index contributed by atoms with van der Waals surface area (Å²) in [6, 6.07) is 10.1. The highest BCUT2D eigenvalue weighted by molar-refractivity contribution is 5.69. The Morgan fingerprint density at radius 3 is 2.86 bits per heavy atom. The number of aliphatic hydroxyl groups excluding tert-OH is 1. The van der Waals surface area contributed by atoms with E-state index in [9.17, 15) is 15.2 Å². The lowest BCUT2D eigenvalue weighted by molar-refractivity contribution is -0.384. The topological polar surface area (TPSA) is 79.8 Å². The molecule has 6 heteroatoms. The number of para-hydroxylation sites is 1. The molecule has 2 aromatic rings. The Balaban J connectivity index is 1.80. The molecular weight excluding hydrogens is 272 g/mol. The molecule has 21 heavy (non-hydrogen) atoms. The highest BCUT2D eigenvalue weighted by Crippen LogP contribution is 2.31. The molecule has 0 radical (unpaired) electrons. The van der Waals surface area contributed by atoms with Gasteiger partial charge in [-0.3, -0.25) is 15.0 Å². The van der Waals surface area contributed by atoms with Crippen LogP contribution in [0, 0.1) is 10.1 Å². The summed E-state index contributed by atoms with van der Waals surface area (Å²) in [7, 11) is 0. The molecular formula is C15H16N2O4. The molecule has 0 aliphatic carbocycles. The lowest BCUT2D eigenvalue weighted by Crippen LogP contribution is -2.21. The summed E-state index contributed by atoms with van der Waals surface area (Å²) in [5.74, 6) is 1.24. The van der Waals surface area contributed by atoms with E-state index in [1.54, 1.807) is 24.3 Å². The molecule has 3 rings (SSSR count). The predicted octanol–water partition coefficient (Wildman–Crippen LogP) is 2.42. The quantitative estimate of drug-likeness (QED) is 0.690. The molecule has 0 saturated carbocycles. The van der Waals surface area contributed by atoms with Crippen LogP contribution in [0.5, 0.6) is 0 Å². The molecule has 1 fully saturated rings. The number of hydrogen-bond donors (Lipinski definition) is 1. The van der Waals surface area contributed by atoms with Crippen LogP contribution in [0.25, 0.3) is 11.3 Å². The van der Waals surface area contributed by atoms with Crippen molar-refractivity contribution in [2.75, 3.05) is 13.1 Å². The number of nitro benzene ring substituents is 1. The first-order chi connectivity index (χ1) is 10.1. The zero-order valence-electron chi connectivity index (χ0n) is 11.4. The van der Waals surface area contributed by atoms with E-state index in [-0.39, 0.29) is 11.8 Å². The van der Waals surface area contributed by atoms with Crippen molar-refractivity contribution in [1.29, 1.82) is 0 Å². The molecule has 1 aliphatic heterocycles. The number of β-amino-alcohol motifs (C(OH)–C–C–N with tert-alkyl or cyclic N) is 1. The third kappa shape index (κ3) is 2.96. The van der Waals surface area contributed by atoms with Gasteiger partial charge in [0.2, 0.25) is 0 Å². The Labute approximate surface area is 121 Å². The Morgan fingerprint density at radius 1 is 1.33 bits per heavy atom. The second-order valence-electron chi connectivity index (χ2n) is 5.22. The minimum Gasteiger partial charge on any atom is -0.459 e. The van der Waals surface area contributed by atoms with Crippen LogP contribution in [0.4, 0.5) is 5.69 Å². The number of likely N-dealkylation sites (tertiary alicyclic amines) is 1. The Morgan fingerprint density at radius 2 is 2.14 bits per heavy atom. The number of hydrogen-bond acceptors (Lipinski definition) is 5. The first kappa shape index (κ1) is 13.8. The van der Waals surface area contributed by atoms with Crippen LogP contribution in [0.1, 0.15) is 12.2 Å². The summed E-state index contributed by atoms with van der Waals surface area (Å²) < 4.78 is 5.73. The van der Waals surface area contributed by atoms with E-state index in [2.05, 4.69) is 4.90 Å². The zero-order chi connectivity index (χ0) is 14.8. The highest BCUT2D eigenvalue weighted by atomic mass is 16.6. The van der Waals surface area contributed by atoms with Crippen LogP contribution in [0.3, 0.4) is 0 Å². The van der Waals surface area contributed by atoms with Crippen molar-refractivity contribution < 1.29 is 14.4 Å². The Bertz CT molecular complexity index is 653. The van der Waals surface area contributed by atoms with E-state index in [1.807, 2.05) is 6.07 Å². The number of nitrogens with zero attached hydrogens (tertiary/aromatic N) is 2. The molecule has 1 aromatic carbocycles. The number of nitro groups is 1. The molecule has 1 atom stereocenters. The Hall–Kier alpha value is -2.18. The van der Waals surface area contributed by atoms with Gasteiger partial charge in [-0.2, -0.15) is 0 Å². The van der Waals surface area contributed by atoms with Crippen molar-refractivity contribution in [1.82, 2.24) is 4.90 Å². The van der Waals surface area contributed by atoms with Crippen LogP contribution in [0.15, 0.2) is 40.8 Å². The van der Waals surface area contributed by atoms with Gasteiger partial charge in [-0.15, -0.1) is 0 Å². The zero-order valence-corrected chi connectivity index (χ0v) is 11.4. The van der Waals surface area contributed by atoms with Crippen LogP contribution in [-0.4, -0.2) is 34.1 Å². The SMILES string of the molecule is O=[N+]([O-])c1ccccc1-c1ccc(CN2CC[C@@H](O)C2)o1. The van der Waals surface area contributed by atoms with Crippen molar-refractivity contribution >= 4 is 5.69 Å².